The second-order valence-electron chi connectivity index (χ2n) is 8.95. The van der Waals surface area contributed by atoms with Crippen LogP contribution in [0.2, 0.25) is 0 Å². The number of anilines is 1. The molecule has 0 bridgehead atoms. The van der Waals surface area contributed by atoms with Crippen LogP contribution in [0.15, 0.2) is 54.7 Å². The van der Waals surface area contributed by atoms with Crippen LogP contribution in [-0.4, -0.2) is 28.0 Å². The molecule has 0 saturated carbocycles. The minimum atomic E-state index is -0.649. The van der Waals surface area contributed by atoms with Crippen molar-refractivity contribution in [2.45, 2.75) is 32.4 Å². The molecular formula is C28H25F2N5O3. The molecule has 8 nitrogen and oxygen atoms in total. The van der Waals surface area contributed by atoms with Crippen molar-refractivity contribution in [3.63, 3.8) is 0 Å². The number of aryl methyl sites for hydroxylation is 1. The minimum absolute atomic E-state index is 0.0182. The summed E-state index contributed by atoms with van der Waals surface area (Å²) in [6.07, 6.45) is 3.11. The fourth-order valence-electron chi connectivity index (χ4n) is 4.26. The number of halogens is 2. The monoisotopic (exact) mass is 517 g/mol. The maximum Gasteiger partial charge on any atom is 0.254 e. The van der Waals surface area contributed by atoms with E-state index >= 15 is 4.39 Å². The van der Waals surface area contributed by atoms with Gasteiger partial charge >= 0.3 is 0 Å². The van der Waals surface area contributed by atoms with E-state index in [0.717, 1.165) is 17.3 Å². The largest absolute Gasteiger partial charge is 0.489 e. The lowest BCUT2D eigenvalue weighted by atomic mass is 10.1. The zero-order valence-corrected chi connectivity index (χ0v) is 20.7. The van der Waals surface area contributed by atoms with Gasteiger partial charge in [-0.25, -0.2) is 13.6 Å². The summed E-state index contributed by atoms with van der Waals surface area (Å²) in [4.78, 5) is 7.72. The van der Waals surface area contributed by atoms with E-state index in [1.165, 1.54) is 30.3 Å². The molecule has 1 aliphatic rings. The number of ether oxygens (including phenoxy) is 3. The van der Waals surface area contributed by atoms with Gasteiger partial charge < -0.3 is 19.9 Å². The van der Waals surface area contributed by atoms with Gasteiger partial charge in [0.15, 0.2) is 0 Å². The minimum Gasteiger partial charge on any atom is -0.489 e. The maximum absolute atomic E-state index is 15.2. The van der Waals surface area contributed by atoms with Gasteiger partial charge in [-0.15, -0.1) is 0 Å². The predicted octanol–water partition coefficient (Wildman–Crippen LogP) is 6.39. The van der Waals surface area contributed by atoms with Gasteiger partial charge in [0.05, 0.1) is 12.6 Å². The van der Waals surface area contributed by atoms with Crippen molar-refractivity contribution in [3.05, 3.63) is 89.0 Å². The number of nitrogen functional groups attached to an aromatic ring is 1. The van der Waals surface area contributed by atoms with Gasteiger partial charge in [0.1, 0.15) is 47.0 Å². The van der Waals surface area contributed by atoms with Crippen LogP contribution in [0.1, 0.15) is 30.1 Å². The van der Waals surface area contributed by atoms with Gasteiger partial charge in [-0.1, -0.05) is 6.07 Å². The number of benzene rings is 2. The van der Waals surface area contributed by atoms with Crippen molar-refractivity contribution >= 4 is 11.5 Å². The van der Waals surface area contributed by atoms with Crippen LogP contribution in [0.3, 0.4) is 0 Å². The van der Waals surface area contributed by atoms with Crippen molar-refractivity contribution in [2.24, 2.45) is 0 Å². The molecule has 0 aliphatic carbocycles. The van der Waals surface area contributed by atoms with E-state index in [-0.39, 0.29) is 52.7 Å². The molecule has 0 radical (unpaired) electrons. The first-order valence-electron chi connectivity index (χ1n) is 12.1. The number of nitrogens with zero attached hydrogens (tertiary/aromatic N) is 4. The molecular weight excluding hydrogens is 492 g/mol. The van der Waals surface area contributed by atoms with Gasteiger partial charge in [-0.05, 0) is 38.0 Å². The summed E-state index contributed by atoms with van der Waals surface area (Å²) >= 11 is 0. The number of pyridine rings is 1. The molecule has 194 valence electrons. The molecule has 0 atom stereocenters. The topological polar surface area (TPSA) is 88.8 Å². The van der Waals surface area contributed by atoms with E-state index in [4.69, 9.17) is 26.5 Å². The van der Waals surface area contributed by atoms with E-state index in [0.29, 0.717) is 26.1 Å². The van der Waals surface area contributed by atoms with Crippen molar-refractivity contribution in [1.82, 2.24) is 14.8 Å². The average Bonchev–Trinajstić information content (AvgIpc) is 3.24. The average molecular weight is 518 g/mol. The van der Waals surface area contributed by atoms with Gasteiger partial charge in [-0.3, -0.25) is 9.67 Å². The van der Waals surface area contributed by atoms with E-state index in [9.17, 15) is 4.39 Å². The van der Waals surface area contributed by atoms with E-state index < -0.39 is 11.6 Å². The summed E-state index contributed by atoms with van der Waals surface area (Å²) < 4.78 is 47.9. The number of aromatic nitrogens is 3. The molecule has 2 aromatic heterocycles. The number of nitrogens with two attached hydrogens (primary N) is 1. The van der Waals surface area contributed by atoms with E-state index in [1.54, 1.807) is 10.9 Å². The molecule has 0 spiro atoms. The number of rotatable bonds is 7. The molecule has 2 N–H and O–H groups in total. The van der Waals surface area contributed by atoms with E-state index in [2.05, 4.69) is 14.9 Å². The molecule has 1 aliphatic heterocycles. The normalized spacial score (nSPS) is 13.7. The van der Waals surface area contributed by atoms with Gasteiger partial charge in [0.2, 0.25) is 0 Å². The Morgan fingerprint density at radius 2 is 1.87 bits per heavy atom. The molecule has 0 amide bonds. The third kappa shape index (κ3) is 5.43. The predicted molar refractivity (Wildman–Crippen MR) is 137 cm³/mol. The summed E-state index contributed by atoms with van der Waals surface area (Å²) in [6, 6.07) is 11.8. The quantitative estimate of drug-likeness (QED) is 0.286. The molecule has 5 rings (SSSR count). The highest BCUT2D eigenvalue weighted by Gasteiger charge is 2.25. The van der Waals surface area contributed by atoms with E-state index in [1.807, 2.05) is 19.1 Å². The first-order valence-corrected chi connectivity index (χ1v) is 12.1. The lowest BCUT2D eigenvalue weighted by Crippen LogP contribution is -2.21. The fourth-order valence-corrected chi connectivity index (χ4v) is 4.26. The molecule has 4 aromatic rings. The number of hydrogen-bond donors (Lipinski definition) is 1. The molecule has 0 unspecified atom stereocenters. The summed E-state index contributed by atoms with van der Waals surface area (Å²) in [5.74, 6) is -0.462. The number of hydrogen-bond acceptors (Lipinski definition) is 6. The summed E-state index contributed by atoms with van der Waals surface area (Å²) in [7, 11) is 0. The third-order valence-electron chi connectivity index (χ3n) is 6.22. The molecule has 3 heterocycles. The maximum atomic E-state index is 15.2. The third-order valence-corrected chi connectivity index (χ3v) is 6.22. The molecule has 1 fully saturated rings. The standard InChI is InChI=1S/C28H25F2N5O3/c1-17-3-4-18(15-33-17)16-37-22-11-19(29)12-23(13-22)38-21-5-6-24(25(30)14-21)26-27(32-2)28(31)35(34-26)20-7-9-36-10-8-20/h3-6,11-15,20H,7-10,16,31H2,1H3. The second-order valence-corrected chi connectivity index (χ2v) is 8.95. The fraction of sp³-hybridized carbons (Fsp3) is 0.250. The van der Waals surface area contributed by atoms with Crippen LogP contribution in [-0.2, 0) is 11.3 Å². The van der Waals surface area contributed by atoms with Crippen molar-refractivity contribution in [3.8, 4) is 28.5 Å². The van der Waals surface area contributed by atoms with Gasteiger partial charge in [0, 0.05) is 60.5 Å². The first-order chi connectivity index (χ1) is 18.4. The Morgan fingerprint density at radius 3 is 2.58 bits per heavy atom. The van der Waals surface area contributed by atoms with Gasteiger partial charge in [-0.2, -0.15) is 5.10 Å². The van der Waals surface area contributed by atoms with Crippen molar-refractivity contribution in [1.29, 1.82) is 0 Å². The smallest absolute Gasteiger partial charge is 0.254 e. The highest BCUT2D eigenvalue weighted by Crippen LogP contribution is 2.40. The first kappa shape index (κ1) is 25.2. The Balaban J connectivity index is 1.35. The van der Waals surface area contributed by atoms with Crippen LogP contribution < -0.4 is 15.2 Å². The van der Waals surface area contributed by atoms with Crippen LogP contribution in [0.25, 0.3) is 16.1 Å². The molecule has 10 heteroatoms. The highest BCUT2D eigenvalue weighted by molar-refractivity contribution is 5.83. The SMILES string of the molecule is [C-]#[N+]c1c(-c2ccc(Oc3cc(F)cc(OCc4ccc(C)nc4)c3)cc2F)nn(C2CCOCC2)c1N. The van der Waals surface area contributed by atoms with Crippen molar-refractivity contribution < 1.29 is 23.0 Å². The lowest BCUT2D eigenvalue weighted by molar-refractivity contribution is 0.0669. The highest BCUT2D eigenvalue weighted by atomic mass is 19.1. The summed E-state index contributed by atoms with van der Waals surface area (Å²) in [5, 5.41) is 4.49. The Labute approximate surface area is 218 Å². The van der Waals surface area contributed by atoms with Crippen LogP contribution >= 0.6 is 0 Å². The van der Waals surface area contributed by atoms with Crippen LogP contribution in [0.5, 0.6) is 17.2 Å². The Bertz CT molecular complexity index is 1490. The Hall–Kier alpha value is -4.49. The van der Waals surface area contributed by atoms with Gasteiger partial charge in [0.25, 0.3) is 5.69 Å². The molecule has 1 saturated heterocycles. The lowest BCUT2D eigenvalue weighted by Gasteiger charge is -2.23. The zero-order valence-electron chi connectivity index (χ0n) is 20.7. The van der Waals surface area contributed by atoms with Crippen LogP contribution in [0.4, 0.5) is 20.3 Å². The Kier molecular flexibility index (Phi) is 7.20. The second kappa shape index (κ2) is 10.9. The summed E-state index contributed by atoms with van der Waals surface area (Å²) in [5.41, 5.74) is 8.31. The van der Waals surface area contributed by atoms with Crippen molar-refractivity contribution in [2.75, 3.05) is 18.9 Å². The Morgan fingerprint density at radius 1 is 1.08 bits per heavy atom. The molecule has 38 heavy (non-hydrogen) atoms. The summed E-state index contributed by atoms with van der Waals surface area (Å²) in [6.45, 7) is 10.8. The zero-order chi connectivity index (χ0) is 26.6. The van der Waals surface area contributed by atoms with Crippen LogP contribution in [0, 0.1) is 25.1 Å². The molecule has 2 aromatic carbocycles.